The molecule has 0 aliphatic carbocycles. The van der Waals surface area contributed by atoms with Gasteiger partial charge in [-0.15, -0.1) is 0 Å². The highest BCUT2D eigenvalue weighted by Crippen LogP contribution is 2.13. The van der Waals surface area contributed by atoms with Gasteiger partial charge in [-0.25, -0.2) is 4.79 Å². The van der Waals surface area contributed by atoms with E-state index in [2.05, 4.69) is 10.3 Å². The van der Waals surface area contributed by atoms with Crippen molar-refractivity contribution in [3.05, 3.63) is 74.4 Å². The fourth-order valence-corrected chi connectivity index (χ4v) is 2.58. The molecule has 1 aromatic heterocycles. The fraction of sp³-hybridized carbons (Fsp3) is 0.167. The summed E-state index contributed by atoms with van der Waals surface area (Å²) in [6.45, 7) is 0.331. The van der Waals surface area contributed by atoms with Crippen LogP contribution in [-0.2, 0) is 13.6 Å². The van der Waals surface area contributed by atoms with Crippen LogP contribution in [0.1, 0.15) is 15.9 Å². The Morgan fingerprint density at radius 3 is 2.76 bits per heavy atom. The van der Waals surface area contributed by atoms with Crippen molar-refractivity contribution in [2.24, 2.45) is 7.05 Å². The summed E-state index contributed by atoms with van der Waals surface area (Å²) in [6, 6.07) is 12.0. The van der Waals surface area contributed by atoms with Gasteiger partial charge < -0.3 is 10.1 Å². The van der Waals surface area contributed by atoms with Gasteiger partial charge in [0.15, 0.2) is 0 Å². The van der Waals surface area contributed by atoms with Crippen LogP contribution in [0.4, 0.5) is 0 Å². The zero-order valence-electron chi connectivity index (χ0n) is 13.8. The molecule has 3 aromatic rings. The third kappa shape index (κ3) is 3.30. The summed E-state index contributed by atoms with van der Waals surface area (Å²) in [5, 5.41) is 3.09. The number of aromatic nitrogens is 2. The highest BCUT2D eigenvalue weighted by atomic mass is 16.5. The SMILES string of the molecule is COc1cccc(CNC(=O)c2ccc3c(c2)c(=O)[nH]c(=O)n3C)c1. The van der Waals surface area contributed by atoms with E-state index >= 15 is 0 Å². The summed E-state index contributed by atoms with van der Waals surface area (Å²) >= 11 is 0. The topological polar surface area (TPSA) is 93.2 Å². The molecule has 0 unspecified atom stereocenters. The van der Waals surface area contributed by atoms with E-state index in [0.717, 1.165) is 5.56 Å². The minimum atomic E-state index is -0.513. The highest BCUT2D eigenvalue weighted by molar-refractivity contribution is 5.97. The van der Waals surface area contributed by atoms with Crippen LogP contribution in [0.15, 0.2) is 52.1 Å². The quantitative estimate of drug-likeness (QED) is 0.746. The van der Waals surface area contributed by atoms with Gasteiger partial charge in [0.1, 0.15) is 5.75 Å². The van der Waals surface area contributed by atoms with Crippen molar-refractivity contribution in [1.29, 1.82) is 0 Å². The lowest BCUT2D eigenvalue weighted by atomic mass is 10.1. The van der Waals surface area contributed by atoms with E-state index in [1.165, 1.54) is 10.6 Å². The van der Waals surface area contributed by atoms with Crippen LogP contribution in [0.25, 0.3) is 10.9 Å². The monoisotopic (exact) mass is 339 g/mol. The van der Waals surface area contributed by atoms with Crippen molar-refractivity contribution in [2.45, 2.75) is 6.54 Å². The molecule has 0 aliphatic heterocycles. The number of benzene rings is 2. The first-order valence-corrected chi connectivity index (χ1v) is 7.64. The molecule has 7 nitrogen and oxygen atoms in total. The number of rotatable bonds is 4. The minimum Gasteiger partial charge on any atom is -0.497 e. The number of carbonyl (C=O) groups excluding carboxylic acids is 1. The van der Waals surface area contributed by atoms with Gasteiger partial charge in [0.25, 0.3) is 11.5 Å². The van der Waals surface area contributed by atoms with Gasteiger partial charge >= 0.3 is 5.69 Å². The molecule has 0 bridgehead atoms. The molecule has 3 rings (SSSR count). The maximum absolute atomic E-state index is 12.4. The maximum atomic E-state index is 12.4. The Balaban J connectivity index is 1.85. The van der Waals surface area contributed by atoms with Crippen LogP contribution in [0, 0.1) is 0 Å². The fourth-order valence-electron chi connectivity index (χ4n) is 2.58. The molecule has 0 spiro atoms. The highest BCUT2D eigenvalue weighted by Gasteiger charge is 2.10. The van der Waals surface area contributed by atoms with E-state index < -0.39 is 11.2 Å². The summed E-state index contributed by atoms with van der Waals surface area (Å²) in [4.78, 5) is 38.1. The second-order valence-corrected chi connectivity index (χ2v) is 5.58. The molecule has 2 aromatic carbocycles. The Bertz CT molecular complexity index is 1070. The second-order valence-electron chi connectivity index (χ2n) is 5.58. The molecule has 0 fully saturated rings. The molecule has 0 aliphatic rings. The molecule has 0 saturated heterocycles. The lowest BCUT2D eigenvalue weighted by molar-refractivity contribution is 0.0951. The number of hydrogen-bond donors (Lipinski definition) is 2. The number of methoxy groups -OCH3 is 1. The van der Waals surface area contributed by atoms with Gasteiger partial charge in [0, 0.05) is 19.2 Å². The number of amides is 1. The van der Waals surface area contributed by atoms with Gasteiger partial charge in [-0.3, -0.25) is 19.1 Å². The zero-order valence-corrected chi connectivity index (χ0v) is 13.8. The van der Waals surface area contributed by atoms with Crippen LogP contribution in [0.5, 0.6) is 5.75 Å². The van der Waals surface area contributed by atoms with Gasteiger partial charge in [0.05, 0.1) is 18.0 Å². The Morgan fingerprint density at radius 1 is 1.20 bits per heavy atom. The number of aryl methyl sites for hydroxylation is 1. The molecular formula is C18H17N3O4. The predicted octanol–water partition coefficient (Wildman–Crippen LogP) is 1.17. The van der Waals surface area contributed by atoms with Crippen molar-refractivity contribution in [1.82, 2.24) is 14.9 Å². The second kappa shape index (κ2) is 6.64. The Hall–Kier alpha value is -3.35. The number of nitrogens with one attached hydrogen (secondary N) is 2. The molecule has 7 heteroatoms. The zero-order chi connectivity index (χ0) is 18.0. The lowest BCUT2D eigenvalue weighted by Crippen LogP contribution is -2.29. The Morgan fingerprint density at radius 2 is 2.00 bits per heavy atom. The summed E-state index contributed by atoms with van der Waals surface area (Å²) in [5.74, 6) is 0.405. The summed E-state index contributed by atoms with van der Waals surface area (Å²) in [5.41, 5.74) is 0.708. The largest absolute Gasteiger partial charge is 0.497 e. The molecule has 0 saturated carbocycles. The average molecular weight is 339 g/mol. The number of ether oxygens (including phenoxy) is 1. The Kier molecular flexibility index (Phi) is 4.38. The van der Waals surface area contributed by atoms with Crippen molar-refractivity contribution < 1.29 is 9.53 Å². The van der Waals surface area contributed by atoms with Crippen LogP contribution in [-0.4, -0.2) is 22.6 Å². The molecule has 25 heavy (non-hydrogen) atoms. The number of nitrogens with zero attached hydrogens (tertiary/aromatic N) is 1. The minimum absolute atomic E-state index is 0.288. The third-order valence-corrected chi connectivity index (χ3v) is 3.98. The van der Waals surface area contributed by atoms with E-state index in [1.54, 1.807) is 26.3 Å². The third-order valence-electron chi connectivity index (χ3n) is 3.98. The van der Waals surface area contributed by atoms with Crippen LogP contribution < -0.4 is 21.3 Å². The van der Waals surface area contributed by atoms with Crippen molar-refractivity contribution in [3.8, 4) is 5.75 Å². The van der Waals surface area contributed by atoms with E-state index in [1.807, 2.05) is 24.3 Å². The molecule has 0 atom stereocenters. The van der Waals surface area contributed by atoms with Gasteiger partial charge in [-0.1, -0.05) is 12.1 Å². The summed E-state index contributed by atoms with van der Waals surface area (Å²) < 4.78 is 6.48. The summed E-state index contributed by atoms with van der Waals surface area (Å²) in [6.07, 6.45) is 0. The van der Waals surface area contributed by atoms with E-state index in [-0.39, 0.29) is 11.3 Å². The molecule has 1 amide bonds. The normalized spacial score (nSPS) is 10.6. The van der Waals surface area contributed by atoms with E-state index in [0.29, 0.717) is 23.4 Å². The number of aromatic amines is 1. The van der Waals surface area contributed by atoms with Gasteiger partial charge in [0.2, 0.25) is 0 Å². The van der Waals surface area contributed by atoms with Crippen molar-refractivity contribution in [2.75, 3.05) is 7.11 Å². The molecular weight excluding hydrogens is 322 g/mol. The number of carbonyl (C=O) groups is 1. The Labute approximate surface area is 142 Å². The number of H-pyrrole nitrogens is 1. The van der Waals surface area contributed by atoms with Crippen LogP contribution >= 0.6 is 0 Å². The molecule has 128 valence electrons. The van der Waals surface area contributed by atoms with Gasteiger partial charge in [-0.2, -0.15) is 0 Å². The number of fused-ring (bicyclic) bond motifs is 1. The van der Waals surface area contributed by atoms with E-state index in [4.69, 9.17) is 4.74 Å². The maximum Gasteiger partial charge on any atom is 0.328 e. The first-order valence-electron chi connectivity index (χ1n) is 7.64. The van der Waals surface area contributed by atoms with Crippen molar-refractivity contribution >= 4 is 16.8 Å². The standard InChI is InChI=1S/C18H17N3O4/c1-21-15-7-6-12(9-14(15)17(23)20-18(21)24)16(22)19-10-11-4-3-5-13(8-11)25-2/h3-9H,10H2,1-2H3,(H,19,22)(H,20,23,24). The van der Waals surface area contributed by atoms with Gasteiger partial charge in [-0.05, 0) is 35.9 Å². The van der Waals surface area contributed by atoms with Crippen LogP contribution in [0.2, 0.25) is 0 Å². The van der Waals surface area contributed by atoms with Crippen molar-refractivity contribution in [3.63, 3.8) is 0 Å². The molecule has 0 radical (unpaired) electrons. The summed E-state index contributed by atoms with van der Waals surface area (Å²) in [7, 11) is 3.14. The smallest absolute Gasteiger partial charge is 0.328 e. The number of hydrogen-bond acceptors (Lipinski definition) is 4. The van der Waals surface area contributed by atoms with E-state index in [9.17, 15) is 14.4 Å². The molecule has 2 N–H and O–H groups in total. The first kappa shape index (κ1) is 16.5. The average Bonchev–Trinajstić information content (AvgIpc) is 2.64. The lowest BCUT2D eigenvalue weighted by Gasteiger charge is -2.08. The van der Waals surface area contributed by atoms with Crippen LogP contribution in [0.3, 0.4) is 0 Å². The molecule has 1 heterocycles. The predicted molar refractivity (Wildman–Crippen MR) is 94.0 cm³/mol. The first-order chi connectivity index (χ1) is 12.0.